The molecule has 0 saturated carbocycles. The molecule has 1 aromatic heterocycles. The molecule has 2 nitrogen and oxygen atoms in total. The van der Waals surface area contributed by atoms with Gasteiger partial charge in [0.05, 0.1) is 6.04 Å². The van der Waals surface area contributed by atoms with E-state index in [1.807, 2.05) is 30.3 Å². The van der Waals surface area contributed by atoms with Gasteiger partial charge in [0.25, 0.3) is 0 Å². The van der Waals surface area contributed by atoms with Crippen LogP contribution in [0.25, 0.3) is 0 Å². The van der Waals surface area contributed by atoms with Gasteiger partial charge in [-0.3, -0.25) is 4.90 Å². The van der Waals surface area contributed by atoms with Gasteiger partial charge in [0.1, 0.15) is 12.4 Å². The Labute approximate surface area is 171 Å². The van der Waals surface area contributed by atoms with E-state index in [-0.39, 0.29) is 0 Å². The maximum absolute atomic E-state index is 6.02. The summed E-state index contributed by atoms with van der Waals surface area (Å²) >= 11 is 2.09. The molecule has 2 aromatic carbocycles. The van der Waals surface area contributed by atoms with E-state index in [9.17, 15) is 0 Å². The monoisotopic (exact) mass is 389 g/mol. The van der Waals surface area contributed by atoms with Crippen molar-refractivity contribution in [2.75, 3.05) is 19.7 Å². The number of benzene rings is 2. The summed E-state index contributed by atoms with van der Waals surface area (Å²) in [5.41, 5.74) is 4.79. The lowest BCUT2D eigenvalue weighted by Crippen LogP contribution is -2.38. The lowest BCUT2D eigenvalue weighted by atomic mass is 9.88. The Morgan fingerprint density at radius 1 is 0.857 bits per heavy atom. The van der Waals surface area contributed by atoms with E-state index in [1.54, 1.807) is 20.9 Å². The minimum absolute atomic E-state index is 0.375. The molecular weight excluding hydrogens is 362 g/mol. The molecule has 0 radical (unpaired) electrons. The predicted octanol–water partition coefficient (Wildman–Crippen LogP) is 5.65. The molecule has 0 N–H and O–H groups in total. The van der Waals surface area contributed by atoms with Gasteiger partial charge in [-0.2, -0.15) is 0 Å². The Morgan fingerprint density at radius 2 is 1.61 bits per heavy atom. The van der Waals surface area contributed by atoms with Crippen LogP contribution in [0.2, 0.25) is 0 Å². The fourth-order valence-corrected chi connectivity index (χ4v) is 6.34. The van der Waals surface area contributed by atoms with E-state index in [0.29, 0.717) is 6.04 Å². The van der Waals surface area contributed by atoms with Gasteiger partial charge < -0.3 is 4.74 Å². The molecule has 2 heterocycles. The zero-order chi connectivity index (χ0) is 18.8. The van der Waals surface area contributed by atoms with Gasteiger partial charge in [0.2, 0.25) is 0 Å². The van der Waals surface area contributed by atoms with Crippen LogP contribution >= 0.6 is 11.3 Å². The van der Waals surface area contributed by atoms with Crippen LogP contribution in [0.5, 0.6) is 5.75 Å². The third kappa shape index (κ3) is 3.49. The van der Waals surface area contributed by atoms with Crippen LogP contribution in [-0.2, 0) is 19.3 Å². The van der Waals surface area contributed by atoms with Crippen molar-refractivity contribution in [2.45, 2.75) is 38.1 Å². The first-order valence-corrected chi connectivity index (χ1v) is 11.3. The quantitative estimate of drug-likeness (QED) is 0.559. The summed E-state index contributed by atoms with van der Waals surface area (Å²) in [5.74, 6) is 0.961. The van der Waals surface area contributed by atoms with Crippen LogP contribution in [0.1, 0.15) is 45.3 Å². The molecule has 0 saturated heterocycles. The molecule has 3 heteroatoms. The van der Waals surface area contributed by atoms with Gasteiger partial charge in [0.15, 0.2) is 0 Å². The van der Waals surface area contributed by atoms with Crippen LogP contribution in [0.3, 0.4) is 0 Å². The van der Waals surface area contributed by atoms with Crippen molar-refractivity contribution in [3.63, 3.8) is 0 Å². The molecule has 1 atom stereocenters. The molecule has 1 aliphatic carbocycles. The summed E-state index contributed by atoms with van der Waals surface area (Å²) < 4.78 is 6.02. The predicted molar refractivity (Wildman–Crippen MR) is 116 cm³/mol. The number of hydrogen-bond acceptors (Lipinski definition) is 3. The van der Waals surface area contributed by atoms with E-state index in [0.717, 1.165) is 25.4 Å². The molecule has 5 rings (SSSR count). The second-order valence-corrected chi connectivity index (χ2v) is 8.95. The van der Waals surface area contributed by atoms with Gasteiger partial charge in [-0.25, -0.2) is 0 Å². The molecule has 0 amide bonds. The summed E-state index contributed by atoms with van der Waals surface area (Å²) in [6, 6.07) is 21.6. The summed E-state index contributed by atoms with van der Waals surface area (Å²) in [4.78, 5) is 5.89. The Kier molecular flexibility index (Phi) is 5.20. The zero-order valence-electron chi connectivity index (χ0n) is 16.3. The molecule has 2 aliphatic rings. The number of thiophene rings is 1. The molecule has 144 valence electrons. The number of nitrogens with zero attached hydrogens (tertiary/aromatic N) is 1. The van der Waals surface area contributed by atoms with Crippen molar-refractivity contribution in [1.29, 1.82) is 0 Å². The van der Waals surface area contributed by atoms with Crippen LogP contribution in [-0.4, -0.2) is 24.6 Å². The average molecular weight is 390 g/mol. The second kappa shape index (κ2) is 8.10. The molecular formula is C25H27NOS. The lowest BCUT2D eigenvalue weighted by molar-refractivity contribution is 0.172. The van der Waals surface area contributed by atoms with Crippen molar-refractivity contribution < 1.29 is 4.74 Å². The SMILES string of the molecule is c1ccc(OCCN2CCc3c(sc4c3CCCC4)C2c2ccccc2)cc1. The summed E-state index contributed by atoms with van der Waals surface area (Å²) in [6.07, 6.45) is 6.49. The van der Waals surface area contributed by atoms with Gasteiger partial charge >= 0.3 is 0 Å². The number of ether oxygens (including phenoxy) is 1. The maximum atomic E-state index is 6.02. The first kappa shape index (κ1) is 18.0. The highest BCUT2D eigenvalue weighted by Crippen LogP contribution is 2.44. The maximum Gasteiger partial charge on any atom is 0.119 e. The largest absolute Gasteiger partial charge is 0.492 e. The van der Waals surface area contributed by atoms with Crippen LogP contribution in [0, 0.1) is 0 Å². The van der Waals surface area contributed by atoms with E-state index in [1.165, 1.54) is 37.7 Å². The molecule has 0 bridgehead atoms. The Bertz CT molecular complexity index is 918. The van der Waals surface area contributed by atoms with Crippen LogP contribution in [0.4, 0.5) is 0 Å². The van der Waals surface area contributed by atoms with E-state index < -0.39 is 0 Å². The molecule has 0 fully saturated rings. The molecule has 0 spiro atoms. The standard InChI is InChI=1S/C25H27NOS/c1-3-9-19(10-4-1)24-25-22(21-13-7-8-14-23(21)28-25)15-16-26(24)17-18-27-20-11-5-2-6-12-20/h1-6,9-12,24H,7-8,13-18H2. The normalized spacial score (nSPS) is 19.1. The van der Waals surface area contributed by atoms with Gasteiger partial charge in [-0.15, -0.1) is 11.3 Å². The highest BCUT2D eigenvalue weighted by Gasteiger charge is 2.33. The molecule has 1 aliphatic heterocycles. The molecule has 3 aromatic rings. The fourth-order valence-electron chi connectivity index (χ4n) is 4.73. The van der Waals surface area contributed by atoms with Gasteiger partial charge in [-0.1, -0.05) is 48.5 Å². The number of rotatable bonds is 5. The zero-order valence-corrected chi connectivity index (χ0v) is 17.1. The second-order valence-electron chi connectivity index (χ2n) is 7.81. The fraction of sp³-hybridized carbons (Fsp3) is 0.360. The van der Waals surface area contributed by atoms with Crippen molar-refractivity contribution in [3.8, 4) is 5.75 Å². The first-order chi connectivity index (χ1) is 13.9. The molecule has 1 unspecified atom stereocenters. The minimum atomic E-state index is 0.375. The van der Waals surface area contributed by atoms with E-state index in [2.05, 4.69) is 46.6 Å². The highest BCUT2D eigenvalue weighted by molar-refractivity contribution is 7.12. The van der Waals surface area contributed by atoms with Crippen molar-refractivity contribution in [2.24, 2.45) is 0 Å². The minimum Gasteiger partial charge on any atom is -0.492 e. The third-order valence-corrected chi connectivity index (χ3v) is 7.47. The van der Waals surface area contributed by atoms with Crippen molar-refractivity contribution in [3.05, 3.63) is 87.1 Å². The number of aryl methyl sites for hydroxylation is 1. The topological polar surface area (TPSA) is 12.5 Å². The third-order valence-electron chi connectivity index (χ3n) is 6.08. The Hall–Kier alpha value is -2.10. The number of fused-ring (bicyclic) bond motifs is 3. The molecule has 28 heavy (non-hydrogen) atoms. The van der Waals surface area contributed by atoms with Crippen LogP contribution < -0.4 is 4.74 Å². The Balaban J connectivity index is 1.41. The summed E-state index contributed by atoms with van der Waals surface area (Å²) in [5, 5.41) is 0. The first-order valence-electron chi connectivity index (χ1n) is 10.5. The highest BCUT2D eigenvalue weighted by atomic mass is 32.1. The number of para-hydroxylation sites is 1. The van der Waals surface area contributed by atoms with Crippen molar-refractivity contribution in [1.82, 2.24) is 4.90 Å². The average Bonchev–Trinajstić information content (AvgIpc) is 3.13. The van der Waals surface area contributed by atoms with E-state index in [4.69, 9.17) is 4.74 Å². The Morgan fingerprint density at radius 3 is 2.43 bits per heavy atom. The summed E-state index contributed by atoms with van der Waals surface area (Å²) in [6.45, 7) is 2.80. The van der Waals surface area contributed by atoms with Crippen LogP contribution in [0.15, 0.2) is 60.7 Å². The van der Waals surface area contributed by atoms with Gasteiger partial charge in [-0.05, 0) is 60.9 Å². The van der Waals surface area contributed by atoms with E-state index >= 15 is 0 Å². The number of hydrogen-bond donors (Lipinski definition) is 0. The summed E-state index contributed by atoms with van der Waals surface area (Å²) in [7, 11) is 0. The smallest absolute Gasteiger partial charge is 0.119 e. The van der Waals surface area contributed by atoms with Crippen molar-refractivity contribution >= 4 is 11.3 Å². The lowest BCUT2D eigenvalue weighted by Gasteiger charge is -2.36. The van der Waals surface area contributed by atoms with Gasteiger partial charge in [0, 0.05) is 22.8 Å².